The van der Waals surface area contributed by atoms with E-state index in [4.69, 9.17) is 0 Å². The van der Waals surface area contributed by atoms with Crippen molar-refractivity contribution < 1.29 is 14.7 Å². The number of nitrogens with zero attached hydrogens (tertiary/aromatic N) is 1. The molecule has 0 aliphatic rings. The van der Waals surface area contributed by atoms with Gasteiger partial charge in [0.25, 0.3) is 0 Å². The molecule has 4 nitrogen and oxygen atoms in total. The lowest BCUT2D eigenvalue weighted by atomic mass is 9.86. The maximum atomic E-state index is 11.7. The number of hydrogen-bond acceptors (Lipinski definition) is 3. The zero-order valence-electron chi connectivity index (χ0n) is 12.9. The highest BCUT2D eigenvalue weighted by atomic mass is 16.4. The molecule has 0 unspecified atom stereocenters. The Hall–Kier alpha value is -1.32. The average Bonchev–Trinajstić information content (AvgIpc) is 2.13. The van der Waals surface area contributed by atoms with Gasteiger partial charge in [-0.1, -0.05) is 19.9 Å². The van der Waals surface area contributed by atoms with Crippen molar-refractivity contribution in [2.24, 2.45) is 11.8 Å². The van der Waals surface area contributed by atoms with Crippen LogP contribution in [0.4, 0.5) is 4.79 Å². The summed E-state index contributed by atoms with van der Waals surface area (Å²) >= 11 is 0. The van der Waals surface area contributed by atoms with Crippen molar-refractivity contribution >= 4 is 11.9 Å². The second-order valence-corrected chi connectivity index (χ2v) is 6.38. The van der Waals surface area contributed by atoms with E-state index in [0.29, 0.717) is 6.42 Å². The summed E-state index contributed by atoms with van der Waals surface area (Å²) in [4.78, 5) is 24.5. The molecular weight excluding hydrogens is 242 g/mol. The van der Waals surface area contributed by atoms with Gasteiger partial charge >= 0.3 is 0 Å². The molecule has 0 aromatic carbocycles. The molecule has 0 aromatic heterocycles. The number of ketones is 1. The van der Waals surface area contributed by atoms with Crippen LogP contribution in [0.15, 0.2) is 12.7 Å². The second-order valence-electron chi connectivity index (χ2n) is 6.38. The lowest BCUT2D eigenvalue weighted by Crippen LogP contribution is -2.59. The fourth-order valence-corrected chi connectivity index (χ4v) is 2.40. The van der Waals surface area contributed by atoms with Gasteiger partial charge in [-0.05, 0) is 40.0 Å². The molecule has 2 atom stereocenters. The zero-order valence-corrected chi connectivity index (χ0v) is 12.9. The number of Topliss-reactive ketones (excluding diaryl/α,β-unsaturated/α-hetero) is 1. The Morgan fingerprint density at radius 2 is 1.79 bits per heavy atom. The molecule has 0 fully saturated rings. The zero-order chi connectivity index (χ0) is 15.4. The molecule has 1 amide bonds. The van der Waals surface area contributed by atoms with Crippen molar-refractivity contribution in [3.8, 4) is 0 Å². The van der Waals surface area contributed by atoms with Gasteiger partial charge in [0, 0.05) is 11.6 Å². The Morgan fingerprint density at radius 3 is 2.00 bits per heavy atom. The Kier molecular flexibility index (Phi) is 6.27. The summed E-state index contributed by atoms with van der Waals surface area (Å²) in [7, 11) is 0. The van der Waals surface area contributed by atoms with E-state index in [1.54, 1.807) is 20.8 Å². The first kappa shape index (κ1) is 17.7. The molecule has 0 bridgehead atoms. The maximum absolute atomic E-state index is 11.7. The van der Waals surface area contributed by atoms with Crippen LogP contribution in [0.1, 0.15) is 48.0 Å². The number of rotatable bonds is 6. The molecular formula is C15H26NO3-. The van der Waals surface area contributed by atoms with Gasteiger partial charge in [-0.15, -0.1) is 6.58 Å². The van der Waals surface area contributed by atoms with E-state index in [0.717, 1.165) is 0 Å². The van der Waals surface area contributed by atoms with E-state index in [-0.39, 0.29) is 11.7 Å². The van der Waals surface area contributed by atoms with Crippen molar-refractivity contribution in [2.75, 3.05) is 0 Å². The smallest absolute Gasteiger partial charge is 0.138 e. The average molecular weight is 268 g/mol. The van der Waals surface area contributed by atoms with E-state index >= 15 is 0 Å². The van der Waals surface area contributed by atoms with Crippen LogP contribution in [0.3, 0.4) is 0 Å². The van der Waals surface area contributed by atoms with Gasteiger partial charge in [0.1, 0.15) is 11.9 Å². The summed E-state index contributed by atoms with van der Waals surface area (Å²) in [5.41, 5.74) is -0.616. The standard InChI is InChI=1S/C15H27NO3/c1-8-12(11(4)17)13(9-10(2)3)16(14(18)19)15(5,6)7/h8,10,12-13H,1,9H2,2-7H3,(H,18,19)/p-1/t12-,13+/m1/s1. The third kappa shape index (κ3) is 5.05. The Bertz CT molecular complexity index is 342. The van der Waals surface area contributed by atoms with Gasteiger partial charge in [-0.3, -0.25) is 4.79 Å². The fourth-order valence-electron chi connectivity index (χ4n) is 2.40. The van der Waals surface area contributed by atoms with Crippen LogP contribution in [0.25, 0.3) is 0 Å². The summed E-state index contributed by atoms with van der Waals surface area (Å²) in [6.45, 7) is 14.6. The van der Waals surface area contributed by atoms with Crippen LogP contribution >= 0.6 is 0 Å². The Morgan fingerprint density at radius 1 is 1.32 bits per heavy atom. The van der Waals surface area contributed by atoms with Gasteiger partial charge in [-0.2, -0.15) is 0 Å². The van der Waals surface area contributed by atoms with Crippen LogP contribution in [-0.2, 0) is 4.79 Å². The van der Waals surface area contributed by atoms with Crippen molar-refractivity contribution in [3.05, 3.63) is 12.7 Å². The van der Waals surface area contributed by atoms with Gasteiger partial charge in [0.05, 0.1) is 5.92 Å². The lowest BCUT2D eigenvalue weighted by molar-refractivity contribution is -0.274. The van der Waals surface area contributed by atoms with Crippen LogP contribution in [0.5, 0.6) is 0 Å². The summed E-state index contributed by atoms with van der Waals surface area (Å²) in [6, 6.07) is -0.431. The minimum atomic E-state index is -1.24. The van der Waals surface area contributed by atoms with Crippen molar-refractivity contribution in [2.45, 2.75) is 59.5 Å². The molecule has 0 aliphatic heterocycles. The molecule has 0 saturated carbocycles. The second kappa shape index (κ2) is 6.73. The first-order chi connectivity index (χ1) is 8.52. The quantitative estimate of drug-likeness (QED) is 0.694. The monoisotopic (exact) mass is 268 g/mol. The van der Waals surface area contributed by atoms with Crippen LogP contribution in [0, 0.1) is 11.8 Å². The number of carboxylic acid groups (broad SMARTS) is 1. The molecule has 0 rings (SSSR count). The van der Waals surface area contributed by atoms with Crippen molar-refractivity contribution in [1.82, 2.24) is 4.90 Å². The van der Waals surface area contributed by atoms with Gasteiger partial charge in [0.2, 0.25) is 0 Å². The molecule has 0 spiro atoms. The first-order valence-corrected chi connectivity index (χ1v) is 6.65. The number of carbonyl (C=O) groups is 2. The molecule has 0 aromatic rings. The largest absolute Gasteiger partial charge is 0.530 e. The SMILES string of the molecule is C=C[C@H](C(C)=O)[C@H](CC(C)C)N(C(=O)[O-])C(C)(C)C. The summed E-state index contributed by atoms with van der Waals surface area (Å²) in [6.07, 6.45) is 0.893. The normalized spacial score (nSPS) is 14.9. The highest BCUT2D eigenvalue weighted by Crippen LogP contribution is 2.27. The Labute approximate surface area is 116 Å². The van der Waals surface area contributed by atoms with E-state index in [2.05, 4.69) is 6.58 Å². The summed E-state index contributed by atoms with van der Waals surface area (Å²) in [5.74, 6) is -0.299. The van der Waals surface area contributed by atoms with Crippen LogP contribution < -0.4 is 5.11 Å². The number of amides is 1. The van der Waals surface area contributed by atoms with Crippen LogP contribution in [-0.4, -0.2) is 28.4 Å². The van der Waals surface area contributed by atoms with Crippen molar-refractivity contribution in [1.29, 1.82) is 0 Å². The van der Waals surface area contributed by atoms with E-state index in [1.807, 2.05) is 13.8 Å². The molecule has 0 saturated heterocycles. The maximum Gasteiger partial charge on any atom is 0.138 e. The highest BCUT2D eigenvalue weighted by molar-refractivity contribution is 5.81. The summed E-state index contributed by atoms with van der Waals surface area (Å²) < 4.78 is 0. The lowest BCUT2D eigenvalue weighted by Gasteiger charge is -2.46. The third-order valence-corrected chi connectivity index (χ3v) is 3.10. The Balaban J connectivity index is 5.59. The molecule has 0 N–H and O–H groups in total. The third-order valence-electron chi connectivity index (χ3n) is 3.10. The molecule has 110 valence electrons. The minimum absolute atomic E-state index is 0.0730. The van der Waals surface area contributed by atoms with E-state index in [1.165, 1.54) is 17.9 Å². The molecule has 19 heavy (non-hydrogen) atoms. The predicted octanol–water partition coefficient (Wildman–Crippen LogP) is 2.24. The van der Waals surface area contributed by atoms with Crippen LogP contribution in [0.2, 0.25) is 0 Å². The van der Waals surface area contributed by atoms with Crippen molar-refractivity contribution in [3.63, 3.8) is 0 Å². The molecule has 0 aliphatic carbocycles. The fraction of sp³-hybridized carbons (Fsp3) is 0.733. The topological polar surface area (TPSA) is 60.4 Å². The first-order valence-electron chi connectivity index (χ1n) is 6.65. The molecule has 4 heteroatoms. The molecule has 0 radical (unpaired) electrons. The number of carbonyl (C=O) groups excluding carboxylic acids is 2. The van der Waals surface area contributed by atoms with Gasteiger partial charge in [-0.25, -0.2) is 0 Å². The minimum Gasteiger partial charge on any atom is -0.530 e. The number of hydrogen-bond donors (Lipinski definition) is 0. The summed E-state index contributed by atoms with van der Waals surface area (Å²) in [5, 5.41) is 11.5. The highest BCUT2D eigenvalue weighted by Gasteiger charge is 2.35. The molecule has 0 heterocycles. The van der Waals surface area contributed by atoms with Gasteiger partial charge < -0.3 is 14.8 Å². The van der Waals surface area contributed by atoms with E-state index < -0.39 is 23.6 Å². The predicted molar refractivity (Wildman–Crippen MR) is 74.6 cm³/mol. The van der Waals surface area contributed by atoms with Gasteiger partial charge in [0.15, 0.2) is 0 Å². The van der Waals surface area contributed by atoms with E-state index in [9.17, 15) is 14.7 Å².